The zero-order valence-corrected chi connectivity index (χ0v) is 10.5. The third-order valence-corrected chi connectivity index (χ3v) is 3.43. The van der Waals surface area contributed by atoms with Gasteiger partial charge in [-0.3, -0.25) is 0 Å². The number of halogens is 1. The van der Waals surface area contributed by atoms with Crippen LogP contribution in [0.4, 0.5) is 14.9 Å². The summed E-state index contributed by atoms with van der Waals surface area (Å²) in [6, 6.07) is 3.74. The number of aryl methyl sites for hydroxylation is 1. The number of anilines is 1. The van der Waals surface area contributed by atoms with Gasteiger partial charge in [-0.25, -0.2) is 14.0 Å². The third-order valence-electron chi connectivity index (χ3n) is 3.43. The smallest absolute Gasteiger partial charge is 0.329 e. The van der Waals surface area contributed by atoms with Gasteiger partial charge in [0.2, 0.25) is 0 Å². The van der Waals surface area contributed by atoms with Crippen molar-refractivity contribution in [3.8, 4) is 0 Å². The quantitative estimate of drug-likeness (QED) is 0.785. The zero-order chi connectivity index (χ0) is 14.0. The largest absolute Gasteiger partial charge is 0.480 e. The molecule has 0 saturated heterocycles. The lowest BCUT2D eigenvalue weighted by atomic mass is 9.77. The van der Waals surface area contributed by atoms with Crippen molar-refractivity contribution in [3.05, 3.63) is 29.6 Å². The first-order valence-electron chi connectivity index (χ1n) is 6.02. The summed E-state index contributed by atoms with van der Waals surface area (Å²) in [4.78, 5) is 22.9. The highest BCUT2D eigenvalue weighted by atomic mass is 19.1. The van der Waals surface area contributed by atoms with Crippen LogP contribution in [0.5, 0.6) is 0 Å². The van der Waals surface area contributed by atoms with E-state index in [1.54, 1.807) is 19.1 Å². The van der Waals surface area contributed by atoms with Gasteiger partial charge in [0.05, 0.1) is 5.69 Å². The number of carboxylic acid groups (broad SMARTS) is 1. The summed E-state index contributed by atoms with van der Waals surface area (Å²) < 4.78 is 13.5. The fraction of sp³-hybridized carbons (Fsp3) is 0.385. The van der Waals surface area contributed by atoms with E-state index in [1.807, 2.05) is 0 Å². The van der Waals surface area contributed by atoms with Crippen molar-refractivity contribution in [2.45, 2.75) is 31.7 Å². The van der Waals surface area contributed by atoms with Gasteiger partial charge in [0.25, 0.3) is 0 Å². The molecule has 6 heteroatoms. The lowest BCUT2D eigenvalue weighted by Crippen LogP contribution is -2.60. The molecule has 2 rings (SSSR count). The molecular formula is C13H15FN2O3. The number of carbonyl (C=O) groups excluding carboxylic acids is 1. The number of urea groups is 1. The molecule has 0 aromatic heterocycles. The summed E-state index contributed by atoms with van der Waals surface area (Å²) in [6.45, 7) is 1.66. The second-order valence-electron chi connectivity index (χ2n) is 4.75. The molecule has 0 radical (unpaired) electrons. The van der Waals surface area contributed by atoms with E-state index in [1.165, 1.54) is 6.07 Å². The van der Waals surface area contributed by atoms with Crippen LogP contribution in [0.3, 0.4) is 0 Å². The monoisotopic (exact) mass is 266 g/mol. The van der Waals surface area contributed by atoms with Crippen molar-refractivity contribution in [2.24, 2.45) is 0 Å². The summed E-state index contributed by atoms with van der Waals surface area (Å²) in [6.07, 6.45) is 1.54. The Hall–Kier alpha value is -2.11. The predicted molar refractivity (Wildman–Crippen MR) is 67.5 cm³/mol. The lowest BCUT2D eigenvalue weighted by Gasteiger charge is -2.38. The number of para-hydroxylation sites is 1. The number of carboxylic acids is 1. The van der Waals surface area contributed by atoms with Crippen LogP contribution in [0.2, 0.25) is 0 Å². The summed E-state index contributed by atoms with van der Waals surface area (Å²) in [5.74, 6) is -1.60. The van der Waals surface area contributed by atoms with Gasteiger partial charge in [-0.2, -0.15) is 0 Å². The minimum Gasteiger partial charge on any atom is -0.480 e. The van der Waals surface area contributed by atoms with Gasteiger partial charge in [-0.1, -0.05) is 12.1 Å². The topological polar surface area (TPSA) is 78.4 Å². The van der Waals surface area contributed by atoms with Gasteiger partial charge in [0.1, 0.15) is 11.4 Å². The van der Waals surface area contributed by atoms with Crippen LogP contribution in [0.25, 0.3) is 0 Å². The number of hydrogen-bond donors (Lipinski definition) is 3. The SMILES string of the molecule is Cc1cccc(F)c1NC(=O)NC1(C(=O)O)CCC1. The number of nitrogens with one attached hydrogen (secondary N) is 2. The minimum atomic E-state index is -1.21. The average molecular weight is 266 g/mol. The van der Waals surface area contributed by atoms with E-state index < -0.39 is 23.4 Å². The highest BCUT2D eigenvalue weighted by Gasteiger charge is 2.45. The van der Waals surface area contributed by atoms with Crippen molar-refractivity contribution in [3.63, 3.8) is 0 Å². The molecule has 0 spiro atoms. The first-order valence-corrected chi connectivity index (χ1v) is 6.02. The second-order valence-corrected chi connectivity index (χ2v) is 4.75. The number of rotatable bonds is 3. The molecule has 5 nitrogen and oxygen atoms in total. The molecule has 1 aromatic carbocycles. The van der Waals surface area contributed by atoms with Gasteiger partial charge >= 0.3 is 12.0 Å². The Labute approximate surface area is 109 Å². The Morgan fingerprint density at radius 1 is 1.37 bits per heavy atom. The molecule has 19 heavy (non-hydrogen) atoms. The van der Waals surface area contributed by atoms with Crippen LogP contribution in [0, 0.1) is 12.7 Å². The Morgan fingerprint density at radius 2 is 2.05 bits per heavy atom. The van der Waals surface area contributed by atoms with E-state index in [4.69, 9.17) is 5.11 Å². The van der Waals surface area contributed by atoms with Crippen LogP contribution < -0.4 is 10.6 Å². The summed E-state index contributed by atoms with van der Waals surface area (Å²) in [5, 5.41) is 13.9. The molecular weight excluding hydrogens is 251 g/mol. The number of carbonyl (C=O) groups is 2. The summed E-state index contributed by atoms with van der Waals surface area (Å²) in [7, 11) is 0. The fourth-order valence-electron chi connectivity index (χ4n) is 2.08. The van der Waals surface area contributed by atoms with Gasteiger partial charge in [0.15, 0.2) is 0 Å². The summed E-state index contributed by atoms with van der Waals surface area (Å²) >= 11 is 0. The molecule has 0 unspecified atom stereocenters. The zero-order valence-electron chi connectivity index (χ0n) is 10.5. The van der Waals surface area contributed by atoms with E-state index in [-0.39, 0.29) is 5.69 Å². The van der Waals surface area contributed by atoms with E-state index in [0.717, 1.165) is 6.42 Å². The van der Waals surface area contributed by atoms with Crippen LogP contribution in [-0.4, -0.2) is 22.6 Å². The molecule has 1 fully saturated rings. The second kappa shape index (κ2) is 4.87. The minimum absolute atomic E-state index is 0.0693. The Bertz CT molecular complexity index is 506. The highest BCUT2D eigenvalue weighted by molar-refractivity contribution is 5.94. The van der Waals surface area contributed by atoms with E-state index >= 15 is 0 Å². The van der Waals surface area contributed by atoms with Crippen molar-refractivity contribution in [1.82, 2.24) is 5.32 Å². The predicted octanol–water partition coefficient (Wildman–Crippen LogP) is 2.26. The van der Waals surface area contributed by atoms with E-state index in [0.29, 0.717) is 18.4 Å². The Balaban J connectivity index is 2.08. The molecule has 1 aromatic rings. The van der Waals surface area contributed by atoms with Crippen LogP contribution in [-0.2, 0) is 4.79 Å². The summed E-state index contributed by atoms with van der Waals surface area (Å²) in [5.41, 5.74) is -0.559. The number of aliphatic carboxylic acids is 1. The van der Waals surface area contributed by atoms with Crippen molar-refractivity contribution in [2.75, 3.05) is 5.32 Å². The maximum atomic E-state index is 13.5. The molecule has 0 atom stereocenters. The van der Waals surface area contributed by atoms with Gasteiger partial charge in [-0.15, -0.1) is 0 Å². The lowest BCUT2D eigenvalue weighted by molar-refractivity contribution is -0.148. The average Bonchev–Trinajstić information content (AvgIpc) is 2.28. The van der Waals surface area contributed by atoms with E-state index in [2.05, 4.69) is 10.6 Å². The maximum Gasteiger partial charge on any atom is 0.329 e. The number of benzene rings is 1. The molecule has 0 heterocycles. The van der Waals surface area contributed by atoms with Crippen LogP contribution >= 0.6 is 0 Å². The molecule has 1 saturated carbocycles. The molecule has 102 valence electrons. The molecule has 1 aliphatic carbocycles. The Morgan fingerprint density at radius 3 is 2.53 bits per heavy atom. The van der Waals surface area contributed by atoms with Gasteiger partial charge in [0, 0.05) is 0 Å². The highest BCUT2D eigenvalue weighted by Crippen LogP contribution is 2.32. The van der Waals surface area contributed by atoms with Crippen molar-refractivity contribution < 1.29 is 19.1 Å². The first-order chi connectivity index (χ1) is 8.94. The molecule has 0 aliphatic heterocycles. The standard InChI is InChI=1S/C13H15FN2O3/c1-8-4-2-5-9(14)10(8)15-12(19)16-13(11(17)18)6-3-7-13/h2,4-5H,3,6-7H2,1H3,(H,17,18)(H2,15,16,19). The first kappa shape index (κ1) is 13.3. The van der Waals surface area contributed by atoms with Gasteiger partial charge < -0.3 is 15.7 Å². The third kappa shape index (κ3) is 2.52. The van der Waals surface area contributed by atoms with Crippen molar-refractivity contribution in [1.29, 1.82) is 0 Å². The van der Waals surface area contributed by atoms with Gasteiger partial charge in [-0.05, 0) is 37.8 Å². The van der Waals surface area contributed by atoms with Crippen LogP contribution in [0.1, 0.15) is 24.8 Å². The normalized spacial score (nSPS) is 16.3. The fourth-order valence-corrected chi connectivity index (χ4v) is 2.08. The maximum absolute atomic E-state index is 13.5. The van der Waals surface area contributed by atoms with E-state index in [9.17, 15) is 14.0 Å². The van der Waals surface area contributed by atoms with Crippen LogP contribution in [0.15, 0.2) is 18.2 Å². The molecule has 2 amide bonds. The Kier molecular flexibility index (Phi) is 3.42. The van der Waals surface area contributed by atoms with Crippen molar-refractivity contribution >= 4 is 17.7 Å². The molecule has 1 aliphatic rings. The molecule has 0 bridgehead atoms. The number of hydrogen-bond acceptors (Lipinski definition) is 2. The molecule has 3 N–H and O–H groups in total. The number of amides is 2.